The first-order valence-electron chi connectivity index (χ1n) is 7.35. The number of hydrogen-bond donors (Lipinski definition) is 1. The topological polar surface area (TPSA) is 45.5 Å². The smallest absolute Gasteiger partial charge is 0.180 e. The molecule has 0 atom stereocenters. The molecule has 122 valence electrons. The van der Waals surface area contributed by atoms with Gasteiger partial charge >= 0.3 is 0 Å². The van der Waals surface area contributed by atoms with E-state index >= 15 is 0 Å². The zero-order chi connectivity index (χ0) is 13.5. The maximum Gasteiger partial charge on any atom is 0.180 e. The van der Waals surface area contributed by atoms with Gasteiger partial charge in [0.15, 0.2) is 11.5 Å². The van der Waals surface area contributed by atoms with Gasteiger partial charge in [0.25, 0.3) is 0 Å². The van der Waals surface area contributed by atoms with Crippen LogP contribution in [0.2, 0.25) is 5.15 Å². The highest BCUT2D eigenvalue weighted by Crippen LogP contribution is 2.28. The number of nitrogens with zero attached hydrogens (tertiary/aromatic N) is 4. The molecule has 1 N–H and O–H groups in total. The zero-order valence-corrected chi connectivity index (χ0v) is 14.6. The van der Waals surface area contributed by atoms with Crippen molar-refractivity contribution in [1.82, 2.24) is 19.7 Å². The average molecular weight is 365 g/mol. The Kier molecular flexibility index (Phi) is 5.77. The van der Waals surface area contributed by atoms with E-state index in [0.717, 1.165) is 50.5 Å². The fourth-order valence-electron chi connectivity index (χ4n) is 3.24. The number of fused-ring (bicyclic) bond motifs is 3. The fourth-order valence-corrected chi connectivity index (χ4v) is 3.41. The van der Waals surface area contributed by atoms with Crippen molar-refractivity contribution in [2.75, 3.05) is 31.1 Å². The molecule has 0 unspecified atom stereocenters. The number of hydrogen-bond acceptors (Lipinski definition) is 4. The van der Waals surface area contributed by atoms with Gasteiger partial charge in [0, 0.05) is 38.1 Å². The largest absolute Gasteiger partial charge is 0.351 e. The Morgan fingerprint density at radius 3 is 2.55 bits per heavy atom. The Morgan fingerprint density at radius 1 is 1.05 bits per heavy atom. The maximum atomic E-state index is 6.24. The molecule has 2 aromatic rings. The van der Waals surface area contributed by atoms with E-state index in [-0.39, 0.29) is 24.8 Å². The van der Waals surface area contributed by atoms with Gasteiger partial charge in [-0.15, -0.1) is 24.8 Å². The van der Waals surface area contributed by atoms with E-state index in [1.165, 1.54) is 24.2 Å². The van der Waals surface area contributed by atoms with E-state index < -0.39 is 0 Å². The van der Waals surface area contributed by atoms with E-state index in [2.05, 4.69) is 19.6 Å². The lowest BCUT2D eigenvalue weighted by Crippen LogP contribution is -2.44. The quantitative estimate of drug-likeness (QED) is 0.844. The maximum absolute atomic E-state index is 6.24. The Bertz CT molecular complexity index is 651. The summed E-state index contributed by atoms with van der Waals surface area (Å²) in [4.78, 5) is 11.7. The van der Waals surface area contributed by atoms with Crippen molar-refractivity contribution in [3.05, 3.63) is 22.7 Å². The van der Waals surface area contributed by atoms with Gasteiger partial charge in [-0.25, -0.2) is 9.97 Å². The normalized spacial score (nSPS) is 17.6. The standard InChI is InChI=1S/C14H18ClN5.2ClH/c15-12-9-20-11-4-2-1-3-10(11)17-14(20)13(18-12)19-7-5-16-6-8-19;;/h9,16H,1-8H2;2*1H. The average Bonchev–Trinajstić information content (AvgIpc) is 2.86. The third-order valence-electron chi connectivity index (χ3n) is 4.23. The molecule has 1 aliphatic carbocycles. The second-order valence-electron chi connectivity index (χ2n) is 5.53. The number of piperazine rings is 1. The summed E-state index contributed by atoms with van der Waals surface area (Å²) >= 11 is 6.24. The molecule has 0 radical (unpaired) electrons. The highest BCUT2D eigenvalue weighted by Gasteiger charge is 2.22. The molecule has 0 bridgehead atoms. The van der Waals surface area contributed by atoms with E-state index in [1.54, 1.807) is 0 Å². The molecule has 1 aliphatic heterocycles. The molecule has 5 nitrogen and oxygen atoms in total. The van der Waals surface area contributed by atoms with Crippen LogP contribution < -0.4 is 10.2 Å². The van der Waals surface area contributed by atoms with Gasteiger partial charge in [-0.1, -0.05) is 11.6 Å². The third kappa shape index (κ3) is 3.00. The molecule has 4 rings (SSSR count). The van der Waals surface area contributed by atoms with E-state index in [1.807, 2.05) is 6.20 Å². The molecule has 1 saturated heterocycles. The molecular formula is C14H20Cl3N5. The van der Waals surface area contributed by atoms with Crippen LogP contribution in [-0.2, 0) is 12.8 Å². The second kappa shape index (κ2) is 7.21. The lowest BCUT2D eigenvalue weighted by atomic mass is 10.0. The van der Waals surface area contributed by atoms with Gasteiger partial charge in [0.2, 0.25) is 0 Å². The molecule has 2 aliphatic rings. The van der Waals surface area contributed by atoms with Crippen LogP contribution in [0.15, 0.2) is 6.20 Å². The van der Waals surface area contributed by atoms with Crippen molar-refractivity contribution in [3.63, 3.8) is 0 Å². The minimum Gasteiger partial charge on any atom is -0.351 e. The summed E-state index contributed by atoms with van der Waals surface area (Å²) in [5.74, 6) is 0.938. The summed E-state index contributed by atoms with van der Waals surface area (Å²) in [6.45, 7) is 3.89. The Balaban J connectivity index is 0.000000882. The van der Waals surface area contributed by atoms with Crippen molar-refractivity contribution in [2.24, 2.45) is 0 Å². The molecule has 8 heteroatoms. The number of halogens is 3. The number of aryl methyl sites for hydroxylation is 2. The first-order chi connectivity index (χ1) is 9.83. The molecule has 0 aromatic carbocycles. The highest BCUT2D eigenvalue weighted by atomic mass is 35.5. The number of nitrogens with one attached hydrogen (secondary N) is 1. The van der Waals surface area contributed by atoms with Crippen LogP contribution in [0.25, 0.3) is 5.65 Å². The van der Waals surface area contributed by atoms with E-state index in [0.29, 0.717) is 5.15 Å². The van der Waals surface area contributed by atoms with E-state index in [4.69, 9.17) is 16.6 Å². The molecule has 1 fully saturated rings. The second-order valence-corrected chi connectivity index (χ2v) is 5.92. The van der Waals surface area contributed by atoms with Crippen molar-refractivity contribution >= 4 is 47.9 Å². The number of rotatable bonds is 1. The number of anilines is 1. The first kappa shape index (κ1) is 17.6. The number of imidazole rings is 1. The predicted octanol–water partition coefficient (Wildman–Crippen LogP) is 2.51. The number of aromatic nitrogens is 3. The molecule has 22 heavy (non-hydrogen) atoms. The van der Waals surface area contributed by atoms with Gasteiger partial charge in [-0.3, -0.25) is 4.40 Å². The summed E-state index contributed by atoms with van der Waals surface area (Å²) < 4.78 is 2.17. The lowest BCUT2D eigenvalue weighted by Gasteiger charge is -2.28. The van der Waals surface area contributed by atoms with E-state index in [9.17, 15) is 0 Å². The summed E-state index contributed by atoms with van der Waals surface area (Å²) in [5, 5.41) is 3.92. The van der Waals surface area contributed by atoms with Crippen LogP contribution >= 0.6 is 36.4 Å². The van der Waals surface area contributed by atoms with Gasteiger partial charge in [-0.2, -0.15) is 0 Å². The van der Waals surface area contributed by atoms with Crippen molar-refractivity contribution in [3.8, 4) is 0 Å². The zero-order valence-electron chi connectivity index (χ0n) is 12.2. The summed E-state index contributed by atoms with van der Waals surface area (Å²) in [7, 11) is 0. The van der Waals surface area contributed by atoms with Crippen LogP contribution in [0, 0.1) is 0 Å². The molecular weight excluding hydrogens is 345 g/mol. The van der Waals surface area contributed by atoms with Crippen molar-refractivity contribution in [2.45, 2.75) is 25.7 Å². The van der Waals surface area contributed by atoms with Crippen LogP contribution in [0.1, 0.15) is 24.2 Å². The van der Waals surface area contributed by atoms with Gasteiger partial charge in [0.1, 0.15) is 5.15 Å². The summed E-state index contributed by atoms with van der Waals surface area (Å²) in [5.41, 5.74) is 3.53. The van der Waals surface area contributed by atoms with Gasteiger partial charge in [-0.05, 0) is 25.7 Å². The molecule has 0 saturated carbocycles. The van der Waals surface area contributed by atoms with Crippen LogP contribution in [0.3, 0.4) is 0 Å². The third-order valence-corrected chi connectivity index (χ3v) is 4.42. The van der Waals surface area contributed by atoms with Gasteiger partial charge in [0.05, 0.1) is 5.69 Å². The van der Waals surface area contributed by atoms with Crippen molar-refractivity contribution in [1.29, 1.82) is 0 Å². The Hall–Kier alpha value is -0.750. The molecule has 3 heterocycles. The minimum atomic E-state index is 0. The molecule has 2 aromatic heterocycles. The summed E-state index contributed by atoms with van der Waals surface area (Å²) in [6.07, 6.45) is 6.57. The predicted molar refractivity (Wildman–Crippen MR) is 94.2 cm³/mol. The fraction of sp³-hybridized carbons (Fsp3) is 0.571. The Labute approximate surface area is 147 Å². The molecule has 0 spiro atoms. The highest BCUT2D eigenvalue weighted by molar-refractivity contribution is 6.29. The Morgan fingerprint density at radius 2 is 1.77 bits per heavy atom. The van der Waals surface area contributed by atoms with Crippen LogP contribution in [-0.4, -0.2) is 40.5 Å². The monoisotopic (exact) mass is 363 g/mol. The SMILES string of the molecule is Cl.Cl.Clc1cn2c3c(nc2c(N2CCNCC2)n1)CCCC3. The minimum absolute atomic E-state index is 0. The van der Waals surface area contributed by atoms with Crippen LogP contribution in [0.4, 0.5) is 5.82 Å². The lowest BCUT2D eigenvalue weighted by molar-refractivity contribution is 0.585. The van der Waals surface area contributed by atoms with Gasteiger partial charge < -0.3 is 10.2 Å². The summed E-state index contributed by atoms with van der Waals surface area (Å²) in [6, 6.07) is 0. The van der Waals surface area contributed by atoms with Crippen LogP contribution in [0.5, 0.6) is 0 Å². The molecule has 0 amide bonds. The first-order valence-corrected chi connectivity index (χ1v) is 7.73. The van der Waals surface area contributed by atoms with Crippen molar-refractivity contribution < 1.29 is 0 Å².